The van der Waals surface area contributed by atoms with Crippen LogP contribution in [0.4, 0.5) is 0 Å². The molecule has 3 rings (SSSR count). The van der Waals surface area contributed by atoms with Crippen LogP contribution in [0.15, 0.2) is 64.7 Å². The van der Waals surface area contributed by atoms with E-state index >= 15 is 0 Å². The molecule has 0 spiro atoms. The SMILES string of the molecule is CCSc1cc(=O)n(C)cc1-c1cnn(Cc2ccccc2)c1. The lowest BCUT2D eigenvalue weighted by atomic mass is 10.1. The van der Waals surface area contributed by atoms with Gasteiger partial charge in [0.05, 0.1) is 12.7 Å². The lowest BCUT2D eigenvalue weighted by Gasteiger charge is -2.08. The molecule has 0 amide bonds. The van der Waals surface area contributed by atoms with E-state index in [1.54, 1.807) is 29.4 Å². The molecule has 4 nitrogen and oxygen atoms in total. The molecule has 0 saturated heterocycles. The van der Waals surface area contributed by atoms with Crippen LogP contribution in [0.25, 0.3) is 11.1 Å². The molecular formula is C18H19N3OS. The highest BCUT2D eigenvalue weighted by Crippen LogP contribution is 2.29. The number of thioether (sulfide) groups is 1. The van der Waals surface area contributed by atoms with Crippen molar-refractivity contribution < 1.29 is 0 Å². The van der Waals surface area contributed by atoms with Crippen LogP contribution < -0.4 is 5.56 Å². The third-order valence-electron chi connectivity index (χ3n) is 3.62. The Hall–Kier alpha value is -2.27. The Morgan fingerprint density at radius 2 is 1.96 bits per heavy atom. The Labute approximate surface area is 139 Å². The van der Waals surface area contributed by atoms with Crippen LogP contribution in [-0.2, 0) is 13.6 Å². The zero-order valence-corrected chi connectivity index (χ0v) is 14.1. The molecule has 0 radical (unpaired) electrons. The summed E-state index contributed by atoms with van der Waals surface area (Å²) < 4.78 is 3.54. The fourth-order valence-corrected chi connectivity index (χ4v) is 3.29. The van der Waals surface area contributed by atoms with E-state index in [2.05, 4.69) is 24.2 Å². The van der Waals surface area contributed by atoms with Crippen molar-refractivity contribution in [2.45, 2.75) is 18.4 Å². The summed E-state index contributed by atoms with van der Waals surface area (Å²) >= 11 is 1.68. The number of hydrogen-bond donors (Lipinski definition) is 0. The molecule has 0 aliphatic rings. The van der Waals surface area contributed by atoms with Gasteiger partial charge < -0.3 is 4.57 Å². The second kappa shape index (κ2) is 6.87. The van der Waals surface area contributed by atoms with Gasteiger partial charge in [-0.05, 0) is 11.3 Å². The van der Waals surface area contributed by atoms with E-state index in [0.29, 0.717) is 0 Å². The molecule has 0 saturated carbocycles. The molecule has 2 aromatic heterocycles. The average Bonchev–Trinajstić information content (AvgIpc) is 3.00. The molecule has 0 atom stereocenters. The van der Waals surface area contributed by atoms with Gasteiger partial charge in [-0.2, -0.15) is 5.10 Å². The Morgan fingerprint density at radius 1 is 1.17 bits per heavy atom. The number of aryl methyl sites for hydroxylation is 1. The highest BCUT2D eigenvalue weighted by atomic mass is 32.2. The second-order valence-corrected chi connectivity index (χ2v) is 6.65. The van der Waals surface area contributed by atoms with Gasteiger partial charge in [0.25, 0.3) is 5.56 Å². The second-order valence-electron chi connectivity index (χ2n) is 5.35. The molecule has 0 aliphatic heterocycles. The molecule has 1 aromatic carbocycles. The lowest BCUT2D eigenvalue weighted by Crippen LogP contribution is -2.15. The van der Waals surface area contributed by atoms with Crippen molar-refractivity contribution in [2.75, 3.05) is 5.75 Å². The predicted octanol–water partition coefficient (Wildman–Crippen LogP) is 3.41. The minimum atomic E-state index is 0.0152. The molecule has 0 N–H and O–H groups in total. The van der Waals surface area contributed by atoms with Crippen molar-refractivity contribution >= 4 is 11.8 Å². The van der Waals surface area contributed by atoms with Crippen LogP contribution in [0.2, 0.25) is 0 Å². The molecular weight excluding hydrogens is 306 g/mol. The molecule has 23 heavy (non-hydrogen) atoms. The van der Waals surface area contributed by atoms with Gasteiger partial charge >= 0.3 is 0 Å². The number of pyridine rings is 1. The van der Waals surface area contributed by atoms with Gasteiger partial charge in [-0.3, -0.25) is 9.48 Å². The highest BCUT2D eigenvalue weighted by molar-refractivity contribution is 7.99. The summed E-state index contributed by atoms with van der Waals surface area (Å²) in [7, 11) is 1.78. The number of hydrogen-bond acceptors (Lipinski definition) is 3. The van der Waals surface area contributed by atoms with E-state index < -0.39 is 0 Å². The smallest absolute Gasteiger partial charge is 0.251 e. The quantitative estimate of drug-likeness (QED) is 0.675. The van der Waals surface area contributed by atoms with Crippen molar-refractivity contribution in [3.05, 3.63) is 70.9 Å². The van der Waals surface area contributed by atoms with Crippen molar-refractivity contribution in [3.8, 4) is 11.1 Å². The van der Waals surface area contributed by atoms with Gasteiger partial charge in [-0.25, -0.2) is 0 Å². The standard InChI is InChI=1S/C18H19N3OS/c1-3-23-17-9-18(22)20(2)13-16(17)15-10-19-21(12-15)11-14-7-5-4-6-8-14/h4-10,12-13H,3,11H2,1-2H3. The van der Waals surface area contributed by atoms with Crippen LogP contribution in [-0.4, -0.2) is 20.1 Å². The molecule has 0 unspecified atom stereocenters. The summed E-state index contributed by atoms with van der Waals surface area (Å²) in [6, 6.07) is 12.0. The van der Waals surface area contributed by atoms with Crippen molar-refractivity contribution in [1.29, 1.82) is 0 Å². The maximum absolute atomic E-state index is 11.9. The molecule has 0 aliphatic carbocycles. The van der Waals surface area contributed by atoms with Crippen LogP contribution in [0.3, 0.4) is 0 Å². The van der Waals surface area contributed by atoms with Gasteiger partial charge in [0.1, 0.15) is 0 Å². The van der Waals surface area contributed by atoms with Gasteiger partial charge in [0.15, 0.2) is 0 Å². The molecule has 0 bridgehead atoms. The first-order valence-corrected chi connectivity index (χ1v) is 8.56. The van der Waals surface area contributed by atoms with Gasteiger partial charge in [0.2, 0.25) is 0 Å². The third-order valence-corrected chi connectivity index (χ3v) is 4.56. The fraction of sp³-hybridized carbons (Fsp3) is 0.222. The van der Waals surface area contributed by atoms with Gasteiger partial charge in [-0.1, -0.05) is 37.3 Å². The van der Waals surface area contributed by atoms with Crippen LogP contribution >= 0.6 is 11.8 Å². The first kappa shape index (κ1) is 15.6. The zero-order valence-electron chi connectivity index (χ0n) is 13.3. The first-order valence-electron chi connectivity index (χ1n) is 7.57. The Morgan fingerprint density at radius 3 is 2.70 bits per heavy atom. The van der Waals surface area contributed by atoms with E-state index in [4.69, 9.17) is 0 Å². The summed E-state index contributed by atoms with van der Waals surface area (Å²) in [6.07, 6.45) is 5.79. The van der Waals surface area contributed by atoms with E-state index in [1.807, 2.05) is 41.5 Å². The molecule has 0 fully saturated rings. The van der Waals surface area contributed by atoms with E-state index in [9.17, 15) is 4.79 Å². The number of nitrogens with zero attached hydrogens (tertiary/aromatic N) is 3. The van der Waals surface area contributed by atoms with Gasteiger partial charge in [-0.15, -0.1) is 11.8 Å². The Bertz CT molecular complexity index is 852. The molecule has 3 aromatic rings. The van der Waals surface area contributed by atoms with E-state index in [-0.39, 0.29) is 5.56 Å². The minimum absolute atomic E-state index is 0.0152. The Balaban J connectivity index is 1.94. The average molecular weight is 325 g/mol. The minimum Gasteiger partial charge on any atom is -0.318 e. The monoisotopic (exact) mass is 325 g/mol. The zero-order chi connectivity index (χ0) is 16.2. The number of rotatable bonds is 5. The first-order chi connectivity index (χ1) is 11.2. The predicted molar refractivity (Wildman–Crippen MR) is 94.8 cm³/mol. The van der Waals surface area contributed by atoms with Crippen LogP contribution in [0.5, 0.6) is 0 Å². The summed E-state index contributed by atoms with van der Waals surface area (Å²) in [5.74, 6) is 0.929. The van der Waals surface area contributed by atoms with E-state index in [0.717, 1.165) is 28.3 Å². The molecule has 118 valence electrons. The fourth-order valence-electron chi connectivity index (χ4n) is 2.46. The summed E-state index contributed by atoms with van der Waals surface area (Å²) in [4.78, 5) is 12.9. The topological polar surface area (TPSA) is 39.8 Å². The number of benzene rings is 1. The van der Waals surface area contributed by atoms with Crippen molar-refractivity contribution in [1.82, 2.24) is 14.3 Å². The maximum Gasteiger partial charge on any atom is 0.251 e. The summed E-state index contributed by atoms with van der Waals surface area (Å²) in [6.45, 7) is 2.83. The van der Waals surface area contributed by atoms with Crippen LogP contribution in [0.1, 0.15) is 12.5 Å². The van der Waals surface area contributed by atoms with E-state index in [1.165, 1.54) is 5.56 Å². The van der Waals surface area contributed by atoms with Gasteiger partial charge in [0, 0.05) is 41.5 Å². The van der Waals surface area contributed by atoms with Crippen LogP contribution in [0, 0.1) is 0 Å². The maximum atomic E-state index is 11.9. The largest absolute Gasteiger partial charge is 0.318 e. The third kappa shape index (κ3) is 3.56. The Kier molecular flexibility index (Phi) is 4.67. The number of aromatic nitrogens is 3. The highest BCUT2D eigenvalue weighted by Gasteiger charge is 2.10. The lowest BCUT2D eigenvalue weighted by molar-refractivity contribution is 0.687. The normalized spacial score (nSPS) is 10.9. The summed E-state index contributed by atoms with van der Waals surface area (Å²) in [5, 5.41) is 4.46. The molecule has 5 heteroatoms. The van der Waals surface area contributed by atoms with Crippen molar-refractivity contribution in [3.63, 3.8) is 0 Å². The molecule has 2 heterocycles. The van der Waals surface area contributed by atoms with Crippen molar-refractivity contribution in [2.24, 2.45) is 7.05 Å². The summed E-state index contributed by atoms with van der Waals surface area (Å²) in [5.41, 5.74) is 3.32.